The Bertz CT molecular complexity index is 863. The van der Waals surface area contributed by atoms with E-state index in [0.717, 1.165) is 37.6 Å². The number of methoxy groups -OCH3 is 1. The van der Waals surface area contributed by atoms with Crippen LogP contribution in [0.5, 0.6) is 0 Å². The topological polar surface area (TPSA) is 93.0 Å². The van der Waals surface area contributed by atoms with Crippen LogP contribution in [0.4, 0.5) is 22.0 Å². The van der Waals surface area contributed by atoms with E-state index in [-0.39, 0.29) is 12.3 Å². The van der Waals surface area contributed by atoms with Crippen molar-refractivity contribution in [3.05, 3.63) is 29.6 Å². The number of imidazole rings is 1. The lowest BCUT2D eigenvalue weighted by Gasteiger charge is -2.25. The van der Waals surface area contributed by atoms with Gasteiger partial charge < -0.3 is 20.8 Å². The van der Waals surface area contributed by atoms with E-state index in [2.05, 4.69) is 20.0 Å². The first-order valence-corrected chi connectivity index (χ1v) is 10.6. The Morgan fingerprint density at radius 2 is 1.85 bits per heavy atom. The number of ether oxygens (including phenoxy) is 1. The van der Waals surface area contributed by atoms with Crippen LogP contribution in [0, 0.1) is 5.92 Å². The van der Waals surface area contributed by atoms with Crippen molar-refractivity contribution in [1.82, 2.24) is 15.3 Å². The molecule has 188 valence electrons. The molecule has 11 heteroatoms. The molecule has 0 radical (unpaired) electrons. The molecule has 0 spiro atoms. The SMILES string of the molecule is C1CC1.CC(CC(=O)NCc1ccc2nc(CN)[nH]c2c1)C(F)F.COC(C)(C)C(F)(F)F. The first-order chi connectivity index (χ1) is 15.3. The standard InChI is InChI=1S/C14H18F2N4O.C5H9F3O.C3H6/c1-8(14(15)16)4-13(21)18-7-9-2-3-10-11(5-9)20-12(6-17)19-10;1-4(2,9-3)5(6,7)8;1-2-3-1/h2-3,5,8,14H,4,6-7,17H2,1H3,(H,18,21)(H,19,20);1-3H3;1-3H2. The van der Waals surface area contributed by atoms with Crippen molar-refractivity contribution < 1.29 is 31.5 Å². The Hall–Kier alpha value is -2.27. The molecule has 1 amide bonds. The maximum atomic E-state index is 12.4. The van der Waals surface area contributed by atoms with Crippen LogP contribution in [0.15, 0.2) is 18.2 Å². The molecule has 6 nitrogen and oxygen atoms in total. The van der Waals surface area contributed by atoms with Gasteiger partial charge in [-0.1, -0.05) is 32.3 Å². The molecule has 0 bridgehead atoms. The van der Waals surface area contributed by atoms with Crippen LogP contribution in [0.1, 0.15) is 57.8 Å². The highest BCUT2D eigenvalue weighted by molar-refractivity contribution is 5.77. The average Bonchev–Trinajstić information content (AvgIpc) is 3.57. The van der Waals surface area contributed by atoms with E-state index in [1.807, 2.05) is 18.2 Å². The third-order valence-electron chi connectivity index (χ3n) is 4.76. The minimum absolute atomic E-state index is 0.179. The van der Waals surface area contributed by atoms with Crippen LogP contribution in [-0.4, -0.2) is 41.2 Å². The number of aromatic nitrogens is 2. The molecule has 1 atom stereocenters. The van der Waals surface area contributed by atoms with Crippen molar-refractivity contribution >= 4 is 16.9 Å². The molecule has 0 aliphatic heterocycles. The number of nitrogens with zero attached hydrogens (tertiary/aromatic N) is 1. The van der Waals surface area contributed by atoms with Crippen LogP contribution < -0.4 is 11.1 Å². The fourth-order valence-electron chi connectivity index (χ4n) is 2.09. The predicted octanol–water partition coefficient (Wildman–Crippen LogP) is 5.07. The summed E-state index contributed by atoms with van der Waals surface area (Å²) in [6.45, 7) is 3.93. The highest BCUT2D eigenvalue weighted by Crippen LogP contribution is 2.31. The Kier molecular flexibility index (Phi) is 11.2. The second-order valence-corrected chi connectivity index (χ2v) is 8.30. The number of fused-ring (bicyclic) bond motifs is 1. The van der Waals surface area contributed by atoms with Crippen molar-refractivity contribution in [2.24, 2.45) is 11.7 Å². The monoisotopic (exact) mass is 480 g/mol. The van der Waals surface area contributed by atoms with Gasteiger partial charge in [0.1, 0.15) is 5.82 Å². The lowest BCUT2D eigenvalue weighted by molar-refractivity contribution is -0.255. The number of hydrogen-bond acceptors (Lipinski definition) is 4. The molecule has 1 unspecified atom stereocenters. The zero-order valence-electron chi connectivity index (χ0n) is 19.4. The highest BCUT2D eigenvalue weighted by atomic mass is 19.4. The van der Waals surface area contributed by atoms with Crippen LogP contribution in [0.3, 0.4) is 0 Å². The molecule has 1 saturated carbocycles. The van der Waals surface area contributed by atoms with Crippen molar-refractivity contribution in [2.75, 3.05) is 7.11 Å². The van der Waals surface area contributed by atoms with Crippen LogP contribution >= 0.6 is 0 Å². The van der Waals surface area contributed by atoms with Crippen molar-refractivity contribution in [2.45, 2.75) is 77.7 Å². The number of nitrogens with two attached hydrogens (primary N) is 1. The molecular weight excluding hydrogens is 447 g/mol. The van der Waals surface area contributed by atoms with E-state index in [1.165, 1.54) is 26.2 Å². The zero-order chi connectivity index (χ0) is 25.2. The molecule has 2 aromatic rings. The summed E-state index contributed by atoms with van der Waals surface area (Å²) in [6.07, 6.45) is -2.44. The van der Waals surface area contributed by atoms with Crippen molar-refractivity contribution in [3.63, 3.8) is 0 Å². The maximum Gasteiger partial charge on any atom is 0.416 e. The first-order valence-electron chi connectivity index (χ1n) is 10.6. The lowest BCUT2D eigenvalue weighted by atomic mass is 10.1. The van der Waals surface area contributed by atoms with Gasteiger partial charge in [0.15, 0.2) is 5.60 Å². The minimum Gasteiger partial charge on any atom is -0.369 e. The maximum absolute atomic E-state index is 12.4. The lowest BCUT2D eigenvalue weighted by Crippen LogP contribution is -2.40. The van der Waals surface area contributed by atoms with Crippen molar-refractivity contribution in [3.8, 4) is 0 Å². The Labute approximate surface area is 190 Å². The number of H-pyrrole nitrogens is 1. The van der Waals surface area contributed by atoms with Crippen LogP contribution in [0.25, 0.3) is 11.0 Å². The number of carbonyl (C=O) groups excluding carboxylic acids is 1. The molecule has 1 aromatic carbocycles. The van der Waals surface area contributed by atoms with Gasteiger partial charge in [0, 0.05) is 26.0 Å². The Morgan fingerprint density at radius 3 is 2.27 bits per heavy atom. The number of carbonyl (C=O) groups is 1. The molecular formula is C22H33F5N4O2. The van der Waals surface area contributed by atoms with E-state index < -0.39 is 24.1 Å². The van der Waals surface area contributed by atoms with Gasteiger partial charge in [-0.05, 0) is 31.5 Å². The number of aromatic amines is 1. The van der Waals surface area contributed by atoms with Gasteiger partial charge in [-0.25, -0.2) is 13.8 Å². The summed E-state index contributed by atoms with van der Waals surface area (Å²) < 4.78 is 64.0. The summed E-state index contributed by atoms with van der Waals surface area (Å²) in [4.78, 5) is 18.9. The molecule has 1 aliphatic rings. The van der Waals surface area contributed by atoms with Gasteiger partial charge in [-0.3, -0.25) is 4.79 Å². The number of rotatable bonds is 7. The molecule has 4 N–H and O–H groups in total. The van der Waals surface area contributed by atoms with Crippen LogP contribution in [-0.2, 0) is 22.6 Å². The van der Waals surface area contributed by atoms with E-state index in [0.29, 0.717) is 18.9 Å². The summed E-state index contributed by atoms with van der Waals surface area (Å²) in [5.74, 6) is -0.626. The minimum atomic E-state index is -4.28. The number of nitrogens with one attached hydrogen (secondary N) is 2. The third kappa shape index (κ3) is 10.5. The number of benzene rings is 1. The van der Waals surface area contributed by atoms with E-state index in [1.54, 1.807) is 0 Å². The third-order valence-corrected chi connectivity index (χ3v) is 4.76. The first kappa shape index (κ1) is 28.8. The Morgan fingerprint density at radius 1 is 1.24 bits per heavy atom. The van der Waals surface area contributed by atoms with Gasteiger partial charge in [0.05, 0.1) is 17.6 Å². The van der Waals surface area contributed by atoms with Gasteiger partial charge in [-0.15, -0.1) is 0 Å². The second-order valence-electron chi connectivity index (χ2n) is 8.30. The smallest absolute Gasteiger partial charge is 0.369 e. The van der Waals surface area contributed by atoms with E-state index in [9.17, 15) is 26.7 Å². The fourth-order valence-corrected chi connectivity index (χ4v) is 2.09. The quantitative estimate of drug-likeness (QED) is 0.482. The Balaban J connectivity index is 0.000000374. The molecule has 1 heterocycles. The number of alkyl halides is 5. The molecule has 3 rings (SSSR count). The normalized spacial score (nSPS) is 14.2. The molecule has 1 fully saturated rings. The summed E-state index contributed by atoms with van der Waals surface area (Å²) in [7, 11) is 1.04. The van der Waals surface area contributed by atoms with E-state index in [4.69, 9.17) is 5.73 Å². The summed E-state index contributed by atoms with van der Waals surface area (Å²) in [5, 5.41) is 2.64. The highest BCUT2D eigenvalue weighted by Gasteiger charge is 2.47. The van der Waals surface area contributed by atoms with Gasteiger partial charge in [0.25, 0.3) is 0 Å². The molecule has 33 heavy (non-hydrogen) atoms. The largest absolute Gasteiger partial charge is 0.416 e. The summed E-state index contributed by atoms with van der Waals surface area (Å²) in [6, 6.07) is 5.52. The number of halogens is 5. The second kappa shape index (κ2) is 12.8. The summed E-state index contributed by atoms with van der Waals surface area (Å²) in [5.41, 5.74) is 6.00. The van der Waals surface area contributed by atoms with Gasteiger partial charge in [-0.2, -0.15) is 13.2 Å². The van der Waals surface area contributed by atoms with E-state index >= 15 is 0 Å². The van der Waals surface area contributed by atoms with Crippen LogP contribution in [0.2, 0.25) is 0 Å². The molecule has 1 aromatic heterocycles. The molecule has 1 aliphatic carbocycles. The van der Waals surface area contributed by atoms with Gasteiger partial charge in [0.2, 0.25) is 12.3 Å². The number of hydrogen-bond donors (Lipinski definition) is 3. The fraction of sp³-hybridized carbons (Fsp3) is 0.636. The summed E-state index contributed by atoms with van der Waals surface area (Å²) >= 11 is 0. The predicted molar refractivity (Wildman–Crippen MR) is 117 cm³/mol. The average molecular weight is 481 g/mol. The van der Waals surface area contributed by atoms with Gasteiger partial charge >= 0.3 is 6.18 Å². The zero-order valence-corrected chi connectivity index (χ0v) is 19.4. The molecule has 0 saturated heterocycles. The number of amides is 1. The van der Waals surface area contributed by atoms with Crippen molar-refractivity contribution in [1.29, 1.82) is 0 Å².